The molecule has 0 aliphatic carbocycles. The van der Waals surface area contributed by atoms with Crippen LogP contribution >= 0.6 is 0 Å². The van der Waals surface area contributed by atoms with Gasteiger partial charge in [-0.1, -0.05) is 24.3 Å². The van der Waals surface area contributed by atoms with Crippen molar-refractivity contribution in [2.45, 2.75) is 6.42 Å². The minimum absolute atomic E-state index is 0.110. The number of hydrogen-bond donors (Lipinski definition) is 1. The Morgan fingerprint density at radius 2 is 1.90 bits per heavy atom. The second-order valence-corrected chi connectivity index (χ2v) is 4.64. The van der Waals surface area contributed by atoms with Gasteiger partial charge in [-0.25, -0.2) is 9.49 Å². The number of hydrogen-bond acceptors (Lipinski definition) is 3. The lowest BCUT2D eigenvalue weighted by Gasteiger charge is -2.05. The van der Waals surface area contributed by atoms with Crippen molar-refractivity contribution < 1.29 is 9.18 Å². The number of fused-ring (bicyclic) bond motifs is 1. The molecule has 0 unspecified atom stereocenters. The maximum Gasteiger partial charge on any atom is 0.272 e. The molecule has 0 aliphatic rings. The van der Waals surface area contributed by atoms with Gasteiger partial charge in [0, 0.05) is 11.8 Å². The molecule has 0 saturated carbocycles. The molecule has 0 aliphatic heterocycles. The Bertz CT molecular complexity index is 887. The molecule has 0 bridgehead atoms. The first kappa shape index (κ1) is 13.2. The Kier molecular flexibility index (Phi) is 3.31. The Balaban J connectivity index is 2.08. The zero-order chi connectivity index (χ0) is 14.8. The summed E-state index contributed by atoms with van der Waals surface area (Å²) in [4.78, 5) is 22.4. The normalized spacial score (nSPS) is 10.7. The first-order chi connectivity index (χ1) is 10.2. The SMILES string of the molecule is O=[C]c1cc(Cc2n[nH]c(=O)c3ccccc23)ccc1F. The maximum absolute atomic E-state index is 13.3. The number of aromatic nitrogens is 2. The van der Waals surface area contributed by atoms with E-state index < -0.39 is 5.82 Å². The molecular weight excluding hydrogens is 271 g/mol. The minimum Gasteiger partial charge on any atom is -0.285 e. The fraction of sp³-hybridized carbons (Fsp3) is 0.0625. The highest BCUT2D eigenvalue weighted by Crippen LogP contribution is 2.17. The topological polar surface area (TPSA) is 62.8 Å². The highest BCUT2D eigenvalue weighted by Gasteiger charge is 2.09. The van der Waals surface area contributed by atoms with Crippen molar-refractivity contribution in [3.05, 3.63) is 75.5 Å². The van der Waals surface area contributed by atoms with E-state index in [0.717, 1.165) is 10.9 Å². The average molecular weight is 281 g/mol. The van der Waals surface area contributed by atoms with Gasteiger partial charge in [-0.05, 0) is 23.8 Å². The molecule has 21 heavy (non-hydrogen) atoms. The van der Waals surface area contributed by atoms with Crippen LogP contribution in [0.5, 0.6) is 0 Å². The third-order valence-corrected chi connectivity index (χ3v) is 3.29. The van der Waals surface area contributed by atoms with Crippen LogP contribution in [-0.4, -0.2) is 16.5 Å². The van der Waals surface area contributed by atoms with E-state index in [1.54, 1.807) is 24.5 Å². The molecule has 2 aromatic carbocycles. The van der Waals surface area contributed by atoms with Crippen molar-refractivity contribution in [2.75, 3.05) is 0 Å². The van der Waals surface area contributed by atoms with Gasteiger partial charge in [0.1, 0.15) is 5.82 Å². The zero-order valence-electron chi connectivity index (χ0n) is 10.9. The molecule has 5 heteroatoms. The highest BCUT2D eigenvalue weighted by atomic mass is 19.1. The summed E-state index contributed by atoms with van der Waals surface area (Å²) in [6, 6.07) is 11.4. The molecule has 0 amide bonds. The molecule has 103 valence electrons. The number of benzene rings is 2. The molecule has 0 saturated heterocycles. The second-order valence-electron chi connectivity index (χ2n) is 4.64. The fourth-order valence-corrected chi connectivity index (χ4v) is 2.26. The number of H-pyrrole nitrogens is 1. The summed E-state index contributed by atoms with van der Waals surface area (Å²) in [5.74, 6) is -0.604. The average Bonchev–Trinajstić information content (AvgIpc) is 2.52. The van der Waals surface area contributed by atoms with Gasteiger partial charge in [-0.2, -0.15) is 5.10 Å². The van der Waals surface area contributed by atoms with Crippen molar-refractivity contribution in [3.63, 3.8) is 0 Å². The van der Waals surface area contributed by atoms with E-state index in [2.05, 4.69) is 10.2 Å². The lowest BCUT2D eigenvalue weighted by Crippen LogP contribution is -2.11. The fourth-order valence-electron chi connectivity index (χ4n) is 2.26. The van der Waals surface area contributed by atoms with Crippen molar-refractivity contribution in [2.24, 2.45) is 0 Å². The van der Waals surface area contributed by atoms with Crippen LogP contribution in [-0.2, 0) is 11.2 Å². The van der Waals surface area contributed by atoms with Gasteiger partial charge in [-0.15, -0.1) is 0 Å². The van der Waals surface area contributed by atoms with Gasteiger partial charge >= 0.3 is 0 Å². The largest absolute Gasteiger partial charge is 0.285 e. The van der Waals surface area contributed by atoms with E-state index in [-0.39, 0.29) is 11.1 Å². The van der Waals surface area contributed by atoms with Crippen LogP contribution in [0.2, 0.25) is 0 Å². The minimum atomic E-state index is -0.604. The van der Waals surface area contributed by atoms with Gasteiger partial charge in [0.05, 0.1) is 16.6 Å². The summed E-state index contributed by atoms with van der Waals surface area (Å²) in [5.41, 5.74) is 1.02. The summed E-state index contributed by atoms with van der Waals surface area (Å²) < 4.78 is 13.3. The number of nitrogens with one attached hydrogen (secondary N) is 1. The second kappa shape index (κ2) is 5.28. The van der Waals surface area contributed by atoms with Crippen molar-refractivity contribution in [3.8, 4) is 0 Å². The molecule has 1 aromatic heterocycles. The van der Waals surface area contributed by atoms with Crippen LogP contribution in [0.25, 0.3) is 10.8 Å². The lowest BCUT2D eigenvalue weighted by molar-refractivity contribution is 0.556. The molecular formula is C16H10FN2O2. The third kappa shape index (κ3) is 2.45. The number of carbonyl (C=O) groups excluding carboxylic acids is 1. The van der Waals surface area contributed by atoms with Crippen molar-refractivity contribution in [1.82, 2.24) is 10.2 Å². The smallest absolute Gasteiger partial charge is 0.272 e. The van der Waals surface area contributed by atoms with Crippen LogP contribution in [0.4, 0.5) is 4.39 Å². The van der Waals surface area contributed by atoms with Crippen molar-refractivity contribution >= 4 is 17.1 Å². The summed E-state index contributed by atoms with van der Waals surface area (Å²) in [5, 5.41) is 7.78. The van der Waals surface area contributed by atoms with E-state index >= 15 is 0 Å². The van der Waals surface area contributed by atoms with Gasteiger partial charge in [0.15, 0.2) is 0 Å². The quantitative estimate of drug-likeness (QED) is 0.799. The van der Waals surface area contributed by atoms with Crippen LogP contribution < -0.4 is 5.56 Å². The molecule has 1 radical (unpaired) electrons. The maximum atomic E-state index is 13.3. The molecule has 3 aromatic rings. The number of nitrogens with zero attached hydrogens (tertiary/aromatic N) is 1. The number of halogens is 1. The highest BCUT2D eigenvalue weighted by molar-refractivity contribution is 5.83. The monoisotopic (exact) mass is 281 g/mol. The summed E-state index contributed by atoms with van der Waals surface area (Å²) in [6.45, 7) is 0. The Labute approximate surface area is 119 Å². The standard InChI is InChI=1S/C16H10FN2O2/c17-14-6-5-10(7-11(14)9-20)8-15-12-3-1-2-4-13(12)16(21)19-18-15/h1-7H,8H2,(H,19,21). The first-order valence-corrected chi connectivity index (χ1v) is 6.32. The van der Waals surface area contributed by atoms with E-state index in [1.807, 2.05) is 12.1 Å². The van der Waals surface area contributed by atoms with Gasteiger partial charge in [0.2, 0.25) is 6.29 Å². The van der Waals surface area contributed by atoms with Gasteiger partial charge < -0.3 is 0 Å². The van der Waals surface area contributed by atoms with Crippen LogP contribution in [0.3, 0.4) is 0 Å². The van der Waals surface area contributed by atoms with Gasteiger partial charge in [0.25, 0.3) is 5.56 Å². The Hall–Kier alpha value is -2.82. The van der Waals surface area contributed by atoms with Crippen LogP contribution in [0.1, 0.15) is 16.8 Å². The number of rotatable bonds is 3. The summed E-state index contributed by atoms with van der Waals surface area (Å²) in [6.07, 6.45) is 1.95. The molecule has 1 N–H and O–H groups in total. The molecule has 0 fully saturated rings. The zero-order valence-corrected chi connectivity index (χ0v) is 10.9. The lowest BCUT2D eigenvalue weighted by atomic mass is 10.0. The van der Waals surface area contributed by atoms with E-state index in [4.69, 9.17) is 0 Å². The predicted octanol–water partition coefficient (Wildman–Crippen LogP) is 2.11. The Morgan fingerprint density at radius 3 is 2.67 bits per heavy atom. The molecule has 4 nitrogen and oxygen atoms in total. The molecule has 0 atom stereocenters. The predicted molar refractivity (Wildman–Crippen MR) is 76.4 cm³/mol. The van der Waals surface area contributed by atoms with Crippen LogP contribution in [0, 0.1) is 5.82 Å². The van der Waals surface area contributed by atoms with Crippen molar-refractivity contribution in [1.29, 1.82) is 0 Å². The summed E-state index contributed by atoms with van der Waals surface area (Å²) in [7, 11) is 0. The van der Waals surface area contributed by atoms with E-state index in [0.29, 0.717) is 17.5 Å². The molecule has 3 rings (SSSR count). The van der Waals surface area contributed by atoms with E-state index in [9.17, 15) is 14.0 Å². The Morgan fingerprint density at radius 1 is 1.14 bits per heavy atom. The third-order valence-electron chi connectivity index (χ3n) is 3.29. The first-order valence-electron chi connectivity index (χ1n) is 6.32. The number of aromatic amines is 1. The molecule has 0 spiro atoms. The molecule has 1 heterocycles. The van der Waals surface area contributed by atoms with E-state index in [1.165, 1.54) is 12.1 Å². The van der Waals surface area contributed by atoms with Crippen LogP contribution in [0.15, 0.2) is 47.3 Å². The summed E-state index contributed by atoms with van der Waals surface area (Å²) >= 11 is 0. The van der Waals surface area contributed by atoms with Gasteiger partial charge in [-0.3, -0.25) is 9.59 Å².